The first-order valence-electron chi connectivity index (χ1n) is 11.1. The van der Waals surface area contributed by atoms with Gasteiger partial charge in [-0.25, -0.2) is 5.48 Å². The van der Waals surface area contributed by atoms with Crippen molar-refractivity contribution in [3.63, 3.8) is 0 Å². The molecule has 0 heterocycles. The van der Waals surface area contributed by atoms with Crippen LogP contribution < -0.4 is 16.6 Å². The molecule has 178 valence electrons. The third-order valence-corrected chi connectivity index (χ3v) is 4.94. The third-order valence-electron chi connectivity index (χ3n) is 4.94. The lowest BCUT2D eigenvalue weighted by atomic mass is 9.82. The standard InChI is InChI=1S/C24H38N4O4/c1-16(2)14-21(22(29)26-28(15-17(3)4)24(31)18(5)25)20(23(30)27-32)13-9-12-19-10-7-6-8-11-19/h6-12,16-18,20-21,32H,13-15,25H2,1-5H3,(H,26,29)(H,27,30)/t18-,20+,21-/m1/s1. The Morgan fingerprint density at radius 2 is 1.62 bits per heavy atom. The first-order valence-corrected chi connectivity index (χ1v) is 11.1. The van der Waals surface area contributed by atoms with Gasteiger partial charge < -0.3 is 5.73 Å². The summed E-state index contributed by atoms with van der Waals surface area (Å²) in [5.74, 6) is -2.84. The second-order valence-corrected chi connectivity index (χ2v) is 8.97. The summed E-state index contributed by atoms with van der Waals surface area (Å²) in [4.78, 5) is 38.3. The number of nitrogens with one attached hydrogen (secondary N) is 2. The number of carbonyl (C=O) groups is 3. The Hall–Kier alpha value is -2.71. The predicted molar refractivity (Wildman–Crippen MR) is 125 cm³/mol. The van der Waals surface area contributed by atoms with E-state index < -0.39 is 35.6 Å². The molecule has 0 unspecified atom stereocenters. The molecule has 1 rings (SSSR count). The molecule has 1 aromatic rings. The number of benzene rings is 1. The Bertz CT molecular complexity index is 763. The van der Waals surface area contributed by atoms with Crippen molar-refractivity contribution in [3.05, 3.63) is 42.0 Å². The molecule has 3 amide bonds. The van der Waals surface area contributed by atoms with Gasteiger partial charge in [0.15, 0.2) is 0 Å². The molecule has 1 aromatic carbocycles. The van der Waals surface area contributed by atoms with E-state index >= 15 is 0 Å². The molecule has 0 saturated carbocycles. The van der Waals surface area contributed by atoms with Crippen LogP contribution in [0.1, 0.15) is 53.0 Å². The van der Waals surface area contributed by atoms with Crippen LogP contribution in [0.2, 0.25) is 0 Å². The van der Waals surface area contributed by atoms with E-state index in [9.17, 15) is 19.6 Å². The zero-order chi connectivity index (χ0) is 24.3. The summed E-state index contributed by atoms with van der Waals surface area (Å²) in [7, 11) is 0. The summed E-state index contributed by atoms with van der Waals surface area (Å²) in [5.41, 5.74) is 11.1. The number of carbonyl (C=O) groups excluding carboxylic acids is 3. The number of rotatable bonds is 11. The molecule has 0 spiro atoms. The SMILES string of the molecule is CC(C)C[C@@H](C(=O)NN(CC(C)C)C(=O)[C@@H](C)N)[C@H](CC=Cc1ccccc1)C(=O)NO. The van der Waals surface area contributed by atoms with Crippen LogP contribution in [-0.4, -0.2) is 40.5 Å². The van der Waals surface area contributed by atoms with Crippen molar-refractivity contribution in [3.8, 4) is 0 Å². The van der Waals surface area contributed by atoms with Crippen molar-refractivity contribution in [1.82, 2.24) is 15.9 Å². The first-order chi connectivity index (χ1) is 15.1. The van der Waals surface area contributed by atoms with E-state index in [1.165, 1.54) is 5.01 Å². The molecule has 0 aliphatic heterocycles. The van der Waals surface area contributed by atoms with Crippen molar-refractivity contribution in [2.45, 2.75) is 53.5 Å². The molecule has 0 saturated heterocycles. The average Bonchev–Trinajstić information content (AvgIpc) is 2.74. The highest BCUT2D eigenvalue weighted by Gasteiger charge is 2.35. The number of hydrogen-bond donors (Lipinski definition) is 4. The minimum absolute atomic E-state index is 0.104. The average molecular weight is 447 g/mol. The fourth-order valence-electron chi connectivity index (χ4n) is 3.43. The monoisotopic (exact) mass is 446 g/mol. The molecule has 3 atom stereocenters. The summed E-state index contributed by atoms with van der Waals surface area (Å²) in [6, 6.07) is 8.81. The first kappa shape index (κ1) is 27.3. The van der Waals surface area contributed by atoms with E-state index in [4.69, 9.17) is 5.73 Å². The molecule has 0 aliphatic rings. The van der Waals surface area contributed by atoms with Crippen LogP contribution in [0.4, 0.5) is 0 Å². The largest absolute Gasteiger partial charge is 0.320 e. The van der Waals surface area contributed by atoms with E-state index in [0.717, 1.165) is 5.56 Å². The fraction of sp³-hybridized carbons (Fsp3) is 0.542. The van der Waals surface area contributed by atoms with Crippen molar-refractivity contribution in [1.29, 1.82) is 0 Å². The minimum Gasteiger partial charge on any atom is -0.320 e. The summed E-state index contributed by atoms with van der Waals surface area (Å²) in [5, 5.41) is 10.5. The lowest BCUT2D eigenvalue weighted by Crippen LogP contribution is -2.55. The van der Waals surface area contributed by atoms with Gasteiger partial charge in [-0.15, -0.1) is 0 Å². The highest BCUT2D eigenvalue weighted by molar-refractivity contribution is 5.89. The topological polar surface area (TPSA) is 125 Å². The highest BCUT2D eigenvalue weighted by Crippen LogP contribution is 2.25. The predicted octanol–water partition coefficient (Wildman–Crippen LogP) is 2.74. The molecule has 0 aromatic heterocycles. The Labute approximate surface area is 191 Å². The lowest BCUT2D eigenvalue weighted by molar-refractivity contribution is -0.148. The Kier molecular flexibility index (Phi) is 11.7. The third kappa shape index (κ3) is 9.20. The van der Waals surface area contributed by atoms with Crippen LogP contribution in [0.5, 0.6) is 0 Å². The second kappa shape index (κ2) is 13.6. The highest BCUT2D eigenvalue weighted by atomic mass is 16.5. The number of nitrogens with two attached hydrogens (primary N) is 1. The van der Waals surface area contributed by atoms with Gasteiger partial charge in [0, 0.05) is 6.54 Å². The van der Waals surface area contributed by atoms with Gasteiger partial charge in [-0.05, 0) is 37.2 Å². The Morgan fingerprint density at radius 3 is 2.12 bits per heavy atom. The molecule has 8 heteroatoms. The number of allylic oxidation sites excluding steroid dienone is 1. The van der Waals surface area contributed by atoms with Crippen LogP contribution in [0.3, 0.4) is 0 Å². The molecule has 5 N–H and O–H groups in total. The summed E-state index contributed by atoms with van der Waals surface area (Å²) in [6.45, 7) is 9.61. The van der Waals surface area contributed by atoms with Gasteiger partial charge in [0.1, 0.15) is 0 Å². The molecule has 32 heavy (non-hydrogen) atoms. The van der Waals surface area contributed by atoms with E-state index in [1.807, 2.05) is 70.2 Å². The van der Waals surface area contributed by atoms with Gasteiger partial charge in [-0.2, -0.15) is 0 Å². The van der Waals surface area contributed by atoms with E-state index in [0.29, 0.717) is 13.0 Å². The van der Waals surface area contributed by atoms with Crippen molar-refractivity contribution in [2.24, 2.45) is 29.4 Å². The van der Waals surface area contributed by atoms with Crippen LogP contribution in [0.25, 0.3) is 6.08 Å². The van der Waals surface area contributed by atoms with Crippen molar-refractivity contribution >= 4 is 23.8 Å². The van der Waals surface area contributed by atoms with Gasteiger partial charge >= 0.3 is 0 Å². The molecular formula is C24H38N4O4. The van der Waals surface area contributed by atoms with Crippen molar-refractivity contribution in [2.75, 3.05) is 6.54 Å². The molecule has 0 bridgehead atoms. The number of hydroxylamine groups is 1. The van der Waals surface area contributed by atoms with Gasteiger partial charge in [-0.1, -0.05) is 70.2 Å². The maximum absolute atomic E-state index is 13.3. The van der Waals surface area contributed by atoms with E-state index in [2.05, 4.69) is 5.43 Å². The fourth-order valence-corrected chi connectivity index (χ4v) is 3.43. The number of amides is 3. The number of hydrogen-bond acceptors (Lipinski definition) is 5. The zero-order valence-electron chi connectivity index (χ0n) is 19.7. The van der Waals surface area contributed by atoms with E-state index in [-0.39, 0.29) is 18.3 Å². The zero-order valence-corrected chi connectivity index (χ0v) is 19.7. The van der Waals surface area contributed by atoms with Crippen LogP contribution in [0, 0.1) is 23.7 Å². The van der Waals surface area contributed by atoms with Gasteiger partial charge in [0.2, 0.25) is 11.8 Å². The molecule has 0 radical (unpaired) electrons. The second-order valence-electron chi connectivity index (χ2n) is 8.97. The van der Waals surface area contributed by atoms with Crippen LogP contribution in [-0.2, 0) is 14.4 Å². The quantitative estimate of drug-likeness (QED) is 0.307. The molecule has 0 fully saturated rings. The lowest BCUT2D eigenvalue weighted by Gasteiger charge is -2.31. The minimum atomic E-state index is -0.811. The maximum atomic E-state index is 13.3. The van der Waals surface area contributed by atoms with Gasteiger partial charge in [-0.3, -0.25) is 30.0 Å². The molecule has 8 nitrogen and oxygen atoms in total. The van der Waals surface area contributed by atoms with Crippen molar-refractivity contribution < 1.29 is 19.6 Å². The summed E-state index contributed by atoms with van der Waals surface area (Å²) in [6.07, 6.45) is 4.34. The van der Waals surface area contributed by atoms with Gasteiger partial charge in [0.25, 0.3) is 5.91 Å². The summed E-state index contributed by atoms with van der Waals surface area (Å²) < 4.78 is 0. The normalized spacial score (nSPS) is 14.3. The molecular weight excluding hydrogens is 408 g/mol. The van der Waals surface area contributed by atoms with Crippen LogP contribution >= 0.6 is 0 Å². The molecule has 0 aliphatic carbocycles. The summed E-state index contributed by atoms with van der Waals surface area (Å²) >= 11 is 0. The van der Waals surface area contributed by atoms with Crippen LogP contribution in [0.15, 0.2) is 36.4 Å². The maximum Gasteiger partial charge on any atom is 0.257 e. The number of hydrazine groups is 1. The number of nitrogens with zero attached hydrogens (tertiary/aromatic N) is 1. The smallest absolute Gasteiger partial charge is 0.257 e. The Balaban J connectivity index is 3.13. The van der Waals surface area contributed by atoms with E-state index in [1.54, 1.807) is 12.4 Å². The van der Waals surface area contributed by atoms with Gasteiger partial charge in [0.05, 0.1) is 17.9 Å². The Morgan fingerprint density at radius 1 is 1.00 bits per heavy atom.